The Kier molecular flexibility index (Phi) is 8.55. The minimum absolute atomic E-state index is 0.0444. The van der Waals surface area contributed by atoms with Crippen LogP contribution < -0.4 is 15.8 Å². The van der Waals surface area contributed by atoms with E-state index in [-0.39, 0.29) is 52.6 Å². The number of halogens is 3. The first kappa shape index (κ1) is 30.5. The zero-order valence-electron chi connectivity index (χ0n) is 24.4. The van der Waals surface area contributed by atoms with Crippen molar-refractivity contribution >= 4 is 22.8 Å². The highest BCUT2D eigenvalue weighted by molar-refractivity contribution is 5.99. The maximum atomic E-state index is 15.5. The van der Waals surface area contributed by atoms with Crippen LogP contribution in [0.3, 0.4) is 0 Å². The van der Waals surface area contributed by atoms with Gasteiger partial charge in [-0.15, -0.1) is 0 Å². The molecule has 10 nitrogen and oxygen atoms in total. The molecule has 0 spiro atoms. The summed E-state index contributed by atoms with van der Waals surface area (Å²) in [5.41, 5.74) is 6.26. The number of benzene rings is 2. The summed E-state index contributed by atoms with van der Waals surface area (Å²) in [7, 11) is 0. The predicted molar refractivity (Wildman–Crippen MR) is 158 cm³/mol. The fourth-order valence-corrected chi connectivity index (χ4v) is 5.44. The van der Waals surface area contributed by atoms with Crippen molar-refractivity contribution < 1.29 is 22.7 Å². The maximum Gasteiger partial charge on any atom is 0.264 e. The topological polar surface area (TPSA) is 135 Å². The van der Waals surface area contributed by atoms with Gasteiger partial charge in [0.1, 0.15) is 41.0 Å². The quantitative estimate of drug-likeness (QED) is 0.199. The van der Waals surface area contributed by atoms with Gasteiger partial charge in [-0.2, -0.15) is 14.8 Å². The number of nitriles is 1. The van der Waals surface area contributed by atoms with Gasteiger partial charge in [-0.25, -0.2) is 23.4 Å². The number of likely N-dealkylation sites (N-methyl/N-ethyl adjacent to an activating group) is 1. The second-order valence-electron chi connectivity index (χ2n) is 11.0. The van der Waals surface area contributed by atoms with Gasteiger partial charge < -0.3 is 20.7 Å². The van der Waals surface area contributed by atoms with Crippen molar-refractivity contribution in [3.63, 3.8) is 0 Å². The third-order valence-electron chi connectivity index (χ3n) is 7.41. The number of anilines is 1. The average molecular weight is 605 g/mol. The molecule has 3 N–H and O–H groups in total. The summed E-state index contributed by atoms with van der Waals surface area (Å²) >= 11 is 0. The lowest BCUT2D eigenvalue weighted by Crippen LogP contribution is -2.41. The van der Waals surface area contributed by atoms with E-state index in [1.54, 1.807) is 15.7 Å². The number of fused-ring (bicyclic) bond motifs is 1. The molecule has 1 saturated heterocycles. The molecule has 1 amide bonds. The Morgan fingerprint density at radius 3 is 2.75 bits per heavy atom. The number of ether oxygens (including phenoxy) is 1. The van der Waals surface area contributed by atoms with Crippen molar-refractivity contribution in [3.05, 3.63) is 71.8 Å². The number of likely N-dealkylation sites (tertiary alicyclic amines) is 1. The normalized spacial score (nSPS) is 15.5. The van der Waals surface area contributed by atoms with Gasteiger partial charge in [0.15, 0.2) is 17.2 Å². The summed E-state index contributed by atoms with van der Waals surface area (Å²) in [5, 5.41) is 18.0. The van der Waals surface area contributed by atoms with Crippen LogP contribution in [0.25, 0.3) is 22.3 Å². The van der Waals surface area contributed by atoms with Crippen molar-refractivity contribution in [2.24, 2.45) is 0 Å². The number of hydrogen-bond acceptors (Lipinski definition) is 8. The maximum absolute atomic E-state index is 15.5. The number of carbonyl (C=O) groups is 1. The molecule has 1 aliphatic heterocycles. The molecule has 44 heavy (non-hydrogen) atoms. The van der Waals surface area contributed by atoms with E-state index in [0.717, 1.165) is 18.6 Å². The van der Waals surface area contributed by atoms with E-state index < -0.39 is 23.0 Å². The van der Waals surface area contributed by atoms with Gasteiger partial charge in [0.2, 0.25) is 5.82 Å². The minimum Gasteiger partial charge on any atom is -0.454 e. The average Bonchev–Trinajstić information content (AvgIpc) is 3.59. The third kappa shape index (κ3) is 6.07. The van der Waals surface area contributed by atoms with Gasteiger partial charge in [0, 0.05) is 23.7 Å². The van der Waals surface area contributed by atoms with Crippen LogP contribution in [0.4, 0.5) is 19.0 Å². The molecule has 2 aromatic heterocycles. The standard InChI is InChI=1S/C31H31F3N8O2/c1-4-39-31(2,3)14-18(15-35)30(43)41-12-6-7-19(41)16-42-29-25(28(36)37-17-38-29)27(40-42)21-11-10-20(13-23(21)33)44-24-9-5-8-22(32)26(24)34/h5,8-11,13-14,17,19,39H,4,6-7,12,16H2,1-3H3,(H2,36,37,38)/b18-14+/t19-/m0/s1. The summed E-state index contributed by atoms with van der Waals surface area (Å²) in [5.74, 6) is -3.77. The van der Waals surface area contributed by atoms with Gasteiger partial charge in [0.25, 0.3) is 5.91 Å². The lowest BCUT2D eigenvalue weighted by molar-refractivity contribution is -0.127. The lowest BCUT2D eigenvalue weighted by Gasteiger charge is -2.26. The largest absolute Gasteiger partial charge is 0.454 e. The molecule has 1 aliphatic rings. The number of nitrogen functional groups attached to an aromatic ring is 1. The fraction of sp³-hybridized carbons (Fsp3) is 0.323. The molecule has 0 radical (unpaired) electrons. The first-order valence-corrected chi connectivity index (χ1v) is 14.1. The van der Waals surface area contributed by atoms with Gasteiger partial charge in [-0.1, -0.05) is 13.0 Å². The third-order valence-corrected chi connectivity index (χ3v) is 7.41. The second kappa shape index (κ2) is 12.3. The van der Waals surface area contributed by atoms with Crippen molar-refractivity contribution in [1.29, 1.82) is 5.26 Å². The van der Waals surface area contributed by atoms with E-state index in [4.69, 9.17) is 10.5 Å². The molecule has 0 bridgehead atoms. The summed E-state index contributed by atoms with van der Waals surface area (Å²) in [6.45, 7) is 7.08. The highest BCUT2D eigenvalue weighted by atomic mass is 19.2. The minimum atomic E-state index is -1.19. The zero-order valence-corrected chi connectivity index (χ0v) is 24.4. The Hall–Kier alpha value is -4.96. The van der Waals surface area contributed by atoms with Gasteiger partial charge in [-0.3, -0.25) is 4.79 Å². The molecular formula is C31H31F3N8O2. The summed E-state index contributed by atoms with van der Waals surface area (Å²) in [6, 6.07) is 9.02. The van der Waals surface area contributed by atoms with Gasteiger partial charge >= 0.3 is 0 Å². The summed E-state index contributed by atoms with van der Waals surface area (Å²) in [4.78, 5) is 23.5. The van der Waals surface area contributed by atoms with Crippen LogP contribution in [0.15, 0.2) is 54.4 Å². The number of carbonyl (C=O) groups excluding carboxylic acids is 1. The first-order chi connectivity index (χ1) is 21.0. The Morgan fingerprint density at radius 1 is 1.23 bits per heavy atom. The monoisotopic (exact) mass is 604 g/mol. The van der Waals surface area contributed by atoms with E-state index in [9.17, 15) is 18.8 Å². The number of rotatable bonds is 9. The molecule has 0 saturated carbocycles. The molecule has 13 heteroatoms. The molecule has 5 rings (SSSR count). The number of aromatic nitrogens is 4. The Labute approximate surface area is 252 Å². The van der Waals surface area contributed by atoms with Crippen LogP contribution >= 0.6 is 0 Å². The smallest absolute Gasteiger partial charge is 0.264 e. The number of amides is 1. The SMILES string of the molecule is CCNC(C)(C)/C=C(\C#N)C(=O)N1CCC[C@H]1Cn1nc(-c2ccc(Oc3cccc(F)c3F)cc2F)c2c(N)ncnc21. The van der Waals surface area contributed by atoms with Crippen molar-refractivity contribution in [3.8, 4) is 28.8 Å². The zero-order chi connectivity index (χ0) is 31.6. The van der Waals surface area contributed by atoms with Crippen LogP contribution in [-0.2, 0) is 11.3 Å². The molecule has 4 aromatic rings. The van der Waals surface area contributed by atoms with E-state index >= 15 is 4.39 Å². The van der Waals surface area contributed by atoms with E-state index in [0.29, 0.717) is 30.5 Å². The molecule has 3 heterocycles. The van der Waals surface area contributed by atoms with E-state index in [1.165, 1.54) is 30.6 Å². The molecule has 0 unspecified atom stereocenters. The van der Waals surface area contributed by atoms with E-state index in [1.807, 2.05) is 20.8 Å². The fourth-order valence-electron chi connectivity index (χ4n) is 5.44. The highest BCUT2D eigenvalue weighted by Gasteiger charge is 2.33. The number of nitrogens with two attached hydrogens (primary N) is 1. The Morgan fingerprint density at radius 2 is 2.02 bits per heavy atom. The lowest BCUT2D eigenvalue weighted by atomic mass is 10.0. The predicted octanol–water partition coefficient (Wildman–Crippen LogP) is 5.11. The van der Waals surface area contributed by atoms with Crippen molar-refractivity contribution in [2.75, 3.05) is 18.8 Å². The van der Waals surface area contributed by atoms with Gasteiger partial charge in [0.05, 0.1) is 18.0 Å². The van der Waals surface area contributed by atoms with Crippen molar-refractivity contribution in [2.45, 2.75) is 51.7 Å². The van der Waals surface area contributed by atoms with Crippen LogP contribution in [0.1, 0.15) is 33.6 Å². The number of hydrogen-bond donors (Lipinski definition) is 2. The summed E-state index contributed by atoms with van der Waals surface area (Å²) < 4.78 is 50.1. The van der Waals surface area contributed by atoms with Crippen molar-refractivity contribution in [1.82, 2.24) is 30.0 Å². The van der Waals surface area contributed by atoms with Crippen LogP contribution in [0, 0.1) is 28.8 Å². The Balaban J connectivity index is 1.46. The van der Waals surface area contributed by atoms with Crippen LogP contribution in [-0.4, -0.2) is 55.2 Å². The molecule has 1 fully saturated rings. The Bertz CT molecular complexity index is 1800. The molecule has 0 aliphatic carbocycles. The molecule has 1 atom stereocenters. The van der Waals surface area contributed by atoms with Crippen LogP contribution in [0.2, 0.25) is 0 Å². The summed E-state index contributed by atoms with van der Waals surface area (Å²) in [6.07, 6.45) is 4.31. The molecule has 228 valence electrons. The highest BCUT2D eigenvalue weighted by Crippen LogP contribution is 2.35. The number of nitrogens with zero attached hydrogens (tertiary/aromatic N) is 6. The van der Waals surface area contributed by atoms with Gasteiger partial charge in [-0.05, 0) is 63.6 Å². The second-order valence-corrected chi connectivity index (χ2v) is 11.0. The number of nitrogens with one attached hydrogen (secondary N) is 1. The van der Waals surface area contributed by atoms with Crippen LogP contribution in [0.5, 0.6) is 11.5 Å². The first-order valence-electron chi connectivity index (χ1n) is 14.1. The molecular weight excluding hydrogens is 573 g/mol. The van der Waals surface area contributed by atoms with E-state index in [2.05, 4.69) is 26.5 Å². The molecule has 2 aromatic carbocycles.